The van der Waals surface area contributed by atoms with Crippen LogP contribution in [0.1, 0.15) is 11.1 Å². The summed E-state index contributed by atoms with van der Waals surface area (Å²) < 4.78 is 5.01. The molecule has 0 spiro atoms. The molecule has 4 heterocycles. The maximum Gasteiger partial charge on any atom is 0.184 e. The van der Waals surface area contributed by atoms with Gasteiger partial charge >= 0.3 is 0 Å². The van der Waals surface area contributed by atoms with Gasteiger partial charge in [-0.15, -0.1) is 0 Å². The summed E-state index contributed by atoms with van der Waals surface area (Å²) in [5.41, 5.74) is 13.6. The molecule has 5 heteroatoms. The van der Waals surface area contributed by atoms with Gasteiger partial charge in [-0.2, -0.15) is 0 Å². The molecule has 11 aromatic carbocycles. The molecule has 0 N–H and O–H groups in total. The molecule has 1 unspecified atom stereocenters. The smallest absolute Gasteiger partial charge is 0.184 e. The van der Waals surface area contributed by atoms with E-state index < -0.39 is 16.1 Å². The van der Waals surface area contributed by atoms with Gasteiger partial charge in [0, 0.05) is 50.0 Å². The largest absolute Gasteiger partial charge is 0.311 e. The van der Waals surface area contributed by atoms with E-state index in [1.54, 1.807) is 0 Å². The van der Waals surface area contributed by atoms with Crippen molar-refractivity contribution in [3.05, 3.63) is 272 Å². The van der Waals surface area contributed by atoms with Crippen LogP contribution in [0.4, 0.5) is 17.1 Å². The van der Waals surface area contributed by atoms with Crippen LogP contribution in [0.25, 0.3) is 55.0 Å². The van der Waals surface area contributed by atoms with E-state index in [4.69, 9.17) is 0 Å². The van der Waals surface area contributed by atoms with Crippen molar-refractivity contribution >= 4 is 118 Å². The summed E-state index contributed by atoms with van der Waals surface area (Å²) in [6, 6.07) is 100. The third-order valence-corrected chi connectivity index (χ3v) is 26.0. The van der Waals surface area contributed by atoms with Gasteiger partial charge in [0.1, 0.15) is 0 Å². The van der Waals surface area contributed by atoms with Crippen LogP contribution in [0.5, 0.6) is 0 Å². The number of fused-ring (bicyclic) bond motifs is 10. The highest BCUT2D eigenvalue weighted by Crippen LogP contribution is 2.43. The molecule has 13 aromatic rings. The van der Waals surface area contributed by atoms with Gasteiger partial charge in [0.2, 0.25) is 0 Å². The lowest BCUT2D eigenvalue weighted by atomic mass is 10.1. The number of hydrogen-bond donors (Lipinski definition) is 0. The lowest BCUT2D eigenvalue weighted by molar-refractivity contribution is 1.17. The van der Waals surface area contributed by atoms with E-state index in [9.17, 15) is 0 Å². The van der Waals surface area contributed by atoms with Gasteiger partial charge < -0.3 is 14.0 Å². The zero-order valence-electron chi connectivity index (χ0n) is 40.7. The predicted molar refractivity (Wildman–Crippen MR) is 314 cm³/mol. The quantitative estimate of drug-likeness (QED) is 0.151. The van der Waals surface area contributed by atoms with E-state index in [1.165, 1.54) is 125 Å². The van der Waals surface area contributed by atoms with Crippen LogP contribution in [-0.4, -0.2) is 25.3 Å². The Bertz CT molecular complexity index is 4210. The van der Waals surface area contributed by atoms with Crippen molar-refractivity contribution in [1.29, 1.82) is 0 Å². The number of aryl methyl sites for hydroxylation is 2. The minimum atomic E-state index is -3.17. The average Bonchev–Trinajstić information content (AvgIpc) is 3.96. The maximum atomic E-state index is 2.68. The van der Waals surface area contributed by atoms with Crippen molar-refractivity contribution in [2.24, 2.45) is 0 Å². The molecular weight excluding hydrogens is 915 g/mol. The number of para-hydroxylation sites is 4. The van der Waals surface area contributed by atoms with E-state index in [-0.39, 0.29) is 0 Å². The first kappa shape index (κ1) is 42.0. The summed E-state index contributed by atoms with van der Waals surface area (Å²) in [4.78, 5) is 2.68. The second kappa shape index (κ2) is 15.9. The molecule has 15 rings (SSSR count). The van der Waals surface area contributed by atoms with Crippen LogP contribution >= 0.6 is 0 Å². The Morgan fingerprint density at radius 1 is 0.274 bits per heavy atom. The van der Waals surface area contributed by atoms with Crippen LogP contribution in [0, 0.1) is 13.8 Å². The first-order chi connectivity index (χ1) is 36.0. The van der Waals surface area contributed by atoms with E-state index in [0.29, 0.717) is 0 Å². The molecule has 3 nitrogen and oxygen atoms in total. The number of rotatable bonds is 6. The molecule has 73 heavy (non-hydrogen) atoms. The molecular formula is C68H49N3Si2. The number of hydrogen-bond acceptors (Lipinski definition) is 1. The van der Waals surface area contributed by atoms with Crippen molar-refractivity contribution in [3.8, 4) is 11.4 Å². The lowest BCUT2D eigenvalue weighted by Crippen LogP contribution is -2.82. The monoisotopic (exact) mass is 963 g/mol. The van der Waals surface area contributed by atoms with Crippen LogP contribution in [0.2, 0.25) is 0 Å². The Morgan fingerprint density at radius 2 is 0.699 bits per heavy atom. The molecule has 0 aliphatic carbocycles. The van der Waals surface area contributed by atoms with Gasteiger partial charge in [-0.3, -0.25) is 0 Å². The van der Waals surface area contributed by atoms with Gasteiger partial charge in [0.25, 0.3) is 0 Å². The fourth-order valence-electron chi connectivity index (χ4n) is 13.4. The Balaban J connectivity index is 1.08. The lowest BCUT2D eigenvalue weighted by Gasteiger charge is -2.52. The zero-order chi connectivity index (χ0) is 48.4. The van der Waals surface area contributed by atoms with Gasteiger partial charge in [-0.05, 0) is 128 Å². The van der Waals surface area contributed by atoms with Crippen LogP contribution in [0.3, 0.4) is 0 Å². The molecule has 1 atom stereocenters. The average molecular weight is 964 g/mol. The third kappa shape index (κ3) is 5.74. The minimum Gasteiger partial charge on any atom is -0.311 e. The molecule has 0 amide bonds. The standard InChI is InChI=1S/C68H49N3Si2/c1-46-36-39-60-56(42-46)57-43-47(2)37-40-61(57)70(60)49-38-41-63-67(45-49)72(50-21-6-3-7-22-50,51-23-8-4-9-24-51)65-34-19-35-66-68(65)71(63)62-32-16-17-33-64(62)73(66,52-25-10-5-11-26-52)53-27-18-20-48(44-53)69-58-30-14-12-28-54(58)55-29-13-15-31-59(55)69/h3-45H,1-2H3. The summed E-state index contributed by atoms with van der Waals surface area (Å²) in [7, 11) is -6.32. The molecule has 344 valence electrons. The highest BCUT2D eigenvalue weighted by Gasteiger charge is 2.56. The molecule has 0 fully saturated rings. The molecule has 0 saturated carbocycles. The van der Waals surface area contributed by atoms with Crippen molar-refractivity contribution in [2.75, 3.05) is 4.90 Å². The highest BCUT2D eigenvalue weighted by atomic mass is 28.3. The maximum absolute atomic E-state index is 3.17. The van der Waals surface area contributed by atoms with Gasteiger partial charge in [-0.1, -0.05) is 199 Å². The summed E-state index contributed by atoms with van der Waals surface area (Å²) in [5, 5.41) is 16.2. The van der Waals surface area contributed by atoms with Gasteiger partial charge in [0.05, 0.1) is 22.1 Å². The summed E-state index contributed by atoms with van der Waals surface area (Å²) in [6.45, 7) is 4.41. The summed E-state index contributed by atoms with van der Waals surface area (Å²) in [6.07, 6.45) is 0. The molecule has 0 radical (unpaired) electrons. The van der Waals surface area contributed by atoms with Crippen molar-refractivity contribution < 1.29 is 0 Å². The molecule has 0 saturated heterocycles. The van der Waals surface area contributed by atoms with Crippen molar-refractivity contribution in [1.82, 2.24) is 9.13 Å². The fourth-order valence-corrected chi connectivity index (χ4v) is 23.9. The topological polar surface area (TPSA) is 13.1 Å². The van der Waals surface area contributed by atoms with Crippen LogP contribution in [-0.2, 0) is 0 Å². The Morgan fingerprint density at radius 3 is 1.27 bits per heavy atom. The molecule has 2 aliphatic rings. The van der Waals surface area contributed by atoms with Gasteiger partial charge in [-0.25, -0.2) is 0 Å². The zero-order valence-corrected chi connectivity index (χ0v) is 42.7. The number of anilines is 3. The molecule has 2 aliphatic heterocycles. The van der Waals surface area contributed by atoms with E-state index >= 15 is 0 Å². The SMILES string of the molecule is Cc1ccc2c(c1)c1cc(C)ccc1n2-c1ccc2c(c1)[Si](c1ccccc1)(c1ccccc1)c1cccc3c1N2c1ccccc1[Si]3(c1ccccc1)c1cccc(-n2c3ccccc3c3ccccc32)c1. The third-order valence-electron chi connectivity index (χ3n) is 16.3. The fraction of sp³-hybridized carbons (Fsp3) is 0.0294. The first-order valence-electron chi connectivity index (χ1n) is 25.5. The van der Waals surface area contributed by atoms with Crippen LogP contribution < -0.4 is 46.4 Å². The van der Waals surface area contributed by atoms with Crippen LogP contribution in [0.15, 0.2) is 261 Å². The van der Waals surface area contributed by atoms with Gasteiger partial charge in [0.15, 0.2) is 16.1 Å². The number of nitrogens with zero attached hydrogens (tertiary/aromatic N) is 3. The Kier molecular flexibility index (Phi) is 9.13. The minimum absolute atomic E-state index is 1.17. The normalized spacial score (nSPS) is 15.4. The van der Waals surface area contributed by atoms with E-state index in [0.717, 1.165) is 0 Å². The predicted octanol–water partition coefficient (Wildman–Crippen LogP) is 11.3. The summed E-state index contributed by atoms with van der Waals surface area (Å²) in [5.74, 6) is 0. The van der Waals surface area contributed by atoms with Crippen molar-refractivity contribution in [2.45, 2.75) is 13.8 Å². The highest BCUT2D eigenvalue weighted by molar-refractivity contribution is 7.24. The number of benzene rings is 11. The number of aromatic nitrogens is 2. The van der Waals surface area contributed by atoms with Crippen molar-refractivity contribution in [3.63, 3.8) is 0 Å². The van der Waals surface area contributed by atoms with E-state index in [1.807, 2.05) is 0 Å². The Hall–Kier alpha value is -8.75. The van der Waals surface area contributed by atoms with E-state index in [2.05, 4.69) is 289 Å². The second-order valence-corrected chi connectivity index (χ2v) is 27.6. The molecule has 0 bridgehead atoms. The first-order valence-corrected chi connectivity index (χ1v) is 29.5. The second-order valence-electron chi connectivity index (χ2n) is 20.2. The molecule has 2 aromatic heterocycles. The summed E-state index contributed by atoms with van der Waals surface area (Å²) >= 11 is 0. The Labute approximate surface area is 427 Å².